The third-order valence-corrected chi connectivity index (χ3v) is 6.78. The minimum absolute atomic E-state index is 0.189. The quantitative estimate of drug-likeness (QED) is 0.420. The van der Waals surface area contributed by atoms with Crippen LogP contribution in [0.5, 0.6) is 5.75 Å². The normalized spacial score (nSPS) is 14.2. The van der Waals surface area contributed by atoms with Crippen molar-refractivity contribution in [1.29, 1.82) is 0 Å². The fourth-order valence-corrected chi connectivity index (χ4v) is 4.99. The maximum absolute atomic E-state index is 12.8. The van der Waals surface area contributed by atoms with Crippen molar-refractivity contribution in [2.75, 3.05) is 25.4 Å². The molecular formula is C26H32N4O2S. The molecule has 174 valence electrons. The number of aromatic nitrogens is 3. The van der Waals surface area contributed by atoms with E-state index < -0.39 is 0 Å². The number of carbonyl (C=O) groups excluding carboxylic acids is 1. The van der Waals surface area contributed by atoms with Gasteiger partial charge in [-0.05, 0) is 56.0 Å². The van der Waals surface area contributed by atoms with Crippen molar-refractivity contribution in [2.45, 2.75) is 50.6 Å². The van der Waals surface area contributed by atoms with Crippen molar-refractivity contribution in [1.82, 2.24) is 19.7 Å². The summed E-state index contributed by atoms with van der Waals surface area (Å²) in [5, 5.41) is 9.74. The highest BCUT2D eigenvalue weighted by Gasteiger charge is 2.19. The molecule has 7 heteroatoms. The maximum atomic E-state index is 12.8. The SMILES string of the molecule is CCOc1ccc(-n2c(CCc3ccccc3)nnc2SCC(=O)N2CCCCCC2)cc1. The van der Waals surface area contributed by atoms with Gasteiger partial charge in [-0.25, -0.2) is 0 Å². The number of ether oxygens (including phenoxy) is 1. The van der Waals surface area contributed by atoms with Gasteiger partial charge in [-0.3, -0.25) is 9.36 Å². The number of amides is 1. The highest BCUT2D eigenvalue weighted by Crippen LogP contribution is 2.25. The van der Waals surface area contributed by atoms with Gasteiger partial charge in [0.15, 0.2) is 5.16 Å². The first-order valence-electron chi connectivity index (χ1n) is 11.9. The summed E-state index contributed by atoms with van der Waals surface area (Å²) < 4.78 is 7.69. The number of hydrogen-bond donors (Lipinski definition) is 0. The van der Waals surface area contributed by atoms with Gasteiger partial charge in [-0.1, -0.05) is 54.9 Å². The summed E-state index contributed by atoms with van der Waals surface area (Å²) in [7, 11) is 0. The Morgan fingerprint density at radius 2 is 1.67 bits per heavy atom. The number of likely N-dealkylation sites (tertiary alicyclic amines) is 1. The summed E-state index contributed by atoms with van der Waals surface area (Å²) >= 11 is 1.47. The molecule has 1 saturated heterocycles. The highest BCUT2D eigenvalue weighted by molar-refractivity contribution is 7.99. The number of hydrogen-bond acceptors (Lipinski definition) is 5. The van der Waals surface area contributed by atoms with Crippen molar-refractivity contribution >= 4 is 17.7 Å². The second-order valence-corrected chi connectivity index (χ2v) is 9.17. The first-order valence-corrected chi connectivity index (χ1v) is 12.8. The molecule has 0 saturated carbocycles. The smallest absolute Gasteiger partial charge is 0.233 e. The predicted molar refractivity (Wildman–Crippen MR) is 132 cm³/mol. The van der Waals surface area contributed by atoms with E-state index in [1.54, 1.807) is 0 Å². The molecule has 1 fully saturated rings. The Hall–Kier alpha value is -2.80. The zero-order valence-electron chi connectivity index (χ0n) is 19.3. The van der Waals surface area contributed by atoms with Gasteiger partial charge in [-0.2, -0.15) is 0 Å². The van der Waals surface area contributed by atoms with Crippen molar-refractivity contribution in [3.63, 3.8) is 0 Å². The molecule has 6 nitrogen and oxygen atoms in total. The molecule has 0 aliphatic carbocycles. The van der Waals surface area contributed by atoms with E-state index in [0.29, 0.717) is 12.4 Å². The molecule has 3 aromatic rings. The second-order valence-electron chi connectivity index (χ2n) is 8.23. The minimum atomic E-state index is 0.189. The van der Waals surface area contributed by atoms with Crippen LogP contribution in [0.25, 0.3) is 5.69 Å². The molecule has 0 N–H and O–H groups in total. The van der Waals surface area contributed by atoms with Crippen molar-refractivity contribution in [2.24, 2.45) is 0 Å². The van der Waals surface area contributed by atoms with Crippen LogP contribution >= 0.6 is 11.8 Å². The van der Waals surface area contributed by atoms with Crippen molar-refractivity contribution in [3.8, 4) is 11.4 Å². The molecule has 1 aliphatic rings. The van der Waals surface area contributed by atoms with Gasteiger partial charge >= 0.3 is 0 Å². The maximum Gasteiger partial charge on any atom is 0.233 e. The molecule has 0 bridgehead atoms. The molecule has 1 amide bonds. The molecule has 0 radical (unpaired) electrons. The minimum Gasteiger partial charge on any atom is -0.494 e. The Balaban J connectivity index is 1.52. The lowest BCUT2D eigenvalue weighted by Gasteiger charge is -2.20. The standard InChI is InChI=1S/C26H32N4O2S/c1-2-32-23-15-13-22(14-16-23)30-24(17-12-21-10-6-5-7-11-21)27-28-26(30)33-20-25(31)29-18-8-3-4-9-19-29/h5-7,10-11,13-16H,2-4,8-9,12,17-20H2,1H3. The number of benzene rings is 2. The van der Waals surface area contributed by atoms with E-state index in [0.717, 1.165) is 61.2 Å². The van der Waals surface area contributed by atoms with E-state index >= 15 is 0 Å². The number of aryl methyl sites for hydroxylation is 2. The molecule has 0 spiro atoms. The lowest BCUT2D eigenvalue weighted by molar-refractivity contribution is -0.128. The summed E-state index contributed by atoms with van der Waals surface area (Å²) in [6, 6.07) is 18.4. The number of thioether (sulfide) groups is 1. The largest absolute Gasteiger partial charge is 0.494 e. The van der Waals surface area contributed by atoms with Gasteiger partial charge in [-0.15, -0.1) is 10.2 Å². The summed E-state index contributed by atoms with van der Waals surface area (Å²) in [4.78, 5) is 14.8. The van der Waals surface area contributed by atoms with Crippen LogP contribution in [0.15, 0.2) is 59.8 Å². The molecule has 0 unspecified atom stereocenters. The molecule has 4 rings (SSSR count). The highest BCUT2D eigenvalue weighted by atomic mass is 32.2. The first kappa shape index (κ1) is 23.4. The summed E-state index contributed by atoms with van der Waals surface area (Å²) in [6.45, 7) is 4.35. The monoisotopic (exact) mass is 464 g/mol. The predicted octanol–water partition coefficient (Wildman–Crippen LogP) is 4.95. The Morgan fingerprint density at radius 3 is 2.36 bits per heavy atom. The molecule has 1 aromatic heterocycles. The van der Waals surface area contributed by atoms with Crippen LogP contribution in [0.1, 0.15) is 44.0 Å². The Kier molecular flexibility index (Phi) is 8.41. The van der Waals surface area contributed by atoms with Gasteiger partial charge in [0.1, 0.15) is 11.6 Å². The van der Waals surface area contributed by atoms with Crippen LogP contribution in [-0.4, -0.2) is 51.0 Å². The number of nitrogens with zero attached hydrogens (tertiary/aromatic N) is 4. The summed E-state index contributed by atoms with van der Waals surface area (Å²) in [5.41, 5.74) is 2.25. The molecule has 2 aromatic carbocycles. The first-order chi connectivity index (χ1) is 16.2. The van der Waals surface area contributed by atoms with E-state index in [-0.39, 0.29) is 5.91 Å². The van der Waals surface area contributed by atoms with Gasteiger partial charge in [0.25, 0.3) is 0 Å². The lowest BCUT2D eigenvalue weighted by atomic mass is 10.1. The van der Waals surface area contributed by atoms with E-state index in [2.05, 4.69) is 39.0 Å². The zero-order valence-corrected chi connectivity index (χ0v) is 20.1. The second kappa shape index (κ2) is 11.9. The molecule has 1 aliphatic heterocycles. The van der Waals surface area contributed by atoms with E-state index in [1.165, 1.54) is 30.2 Å². The Labute approximate surface area is 200 Å². The fraction of sp³-hybridized carbons (Fsp3) is 0.423. The average Bonchev–Trinajstić information content (AvgIpc) is 3.05. The van der Waals surface area contributed by atoms with Crippen molar-refractivity contribution in [3.05, 3.63) is 66.0 Å². The van der Waals surface area contributed by atoms with E-state index in [9.17, 15) is 4.79 Å². The fourth-order valence-electron chi connectivity index (χ4n) is 4.11. The number of rotatable bonds is 9. The van der Waals surface area contributed by atoms with Crippen molar-refractivity contribution < 1.29 is 9.53 Å². The van der Waals surface area contributed by atoms with Crippen LogP contribution in [-0.2, 0) is 17.6 Å². The van der Waals surface area contributed by atoms with Gasteiger partial charge in [0, 0.05) is 25.2 Å². The van der Waals surface area contributed by atoms with Crippen LogP contribution in [0.2, 0.25) is 0 Å². The van der Waals surface area contributed by atoms with E-state index in [4.69, 9.17) is 4.74 Å². The third-order valence-electron chi connectivity index (χ3n) is 5.87. The van der Waals surface area contributed by atoms with Crippen LogP contribution in [0.4, 0.5) is 0 Å². The molecule has 2 heterocycles. The Bertz CT molecular complexity index is 1010. The zero-order chi connectivity index (χ0) is 22.9. The molecular weight excluding hydrogens is 432 g/mol. The average molecular weight is 465 g/mol. The van der Waals surface area contributed by atoms with Gasteiger partial charge in [0.2, 0.25) is 5.91 Å². The summed E-state index contributed by atoms with van der Waals surface area (Å²) in [6.07, 6.45) is 6.28. The number of carbonyl (C=O) groups is 1. The topological polar surface area (TPSA) is 60.2 Å². The van der Waals surface area contributed by atoms with Crippen LogP contribution in [0.3, 0.4) is 0 Å². The molecule has 0 atom stereocenters. The Morgan fingerprint density at radius 1 is 0.939 bits per heavy atom. The van der Waals surface area contributed by atoms with Crippen LogP contribution in [0, 0.1) is 0 Å². The summed E-state index contributed by atoms with van der Waals surface area (Å²) in [5.74, 6) is 2.31. The third kappa shape index (κ3) is 6.38. The van der Waals surface area contributed by atoms with Crippen LogP contribution < -0.4 is 4.74 Å². The van der Waals surface area contributed by atoms with Gasteiger partial charge in [0.05, 0.1) is 12.4 Å². The van der Waals surface area contributed by atoms with E-state index in [1.807, 2.05) is 42.2 Å². The lowest BCUT2D eigenvalue weighted by Crippen LogP contribution is -2.33. The molecule has 33 heavy (non-hydrogen) atoms. The van der Waals surface area contributed by atoms with Gasteiger partial charge < -0.3 is 9.64 Å².